The summed E-state index contributed by atoms with van der Waals surface area (Å²) in [6, 6.07) is 0. The first-order chi connectivity index (χ1) is 5.10. The summed E-state index contributed by atoms with van der Waals surface area (Å²) in [5, 5.41) is 0. The molecule has 1 rings (SSSR count). The van der Waals surface area contributed by atoms with Crippen LogP contribution in [-0.4, -0.2) is 12.2 Å². The zero-order valence-electron chi connectivity index (χ0n) is 8.18. The van der Waals surface area contributed by atoms with E-state index in [9.17, 15) is 0 Å². The van der Waals surface area contributed by atoms with Crippen molar-refractivity contribution in [2.24, 2.45) is 5.41 Å². The molecule has 66 valence electrons. The van der Waals surface area contributed by atoms with Crippen molar-refractivity contribution in [1.82, 2.24) is 0 Å². The van der Waals surface area contributed by atoms with Gasteiger partial charge in [-0.2, -0.15) is 0 Å². The van der Waals surface area contributed by atoms with Gasteiger partial charge in [0.15, 0.2) is 0 Å². The molecule has 0 aromatic carbocycles. The van der Waals surface area contributed by atoms with Gasteiger partial charge in [-0.05, 0) is 24.7 Å². The lowest BCUT2D eigenvalue weighted by atomic mass is 9.83. The number of hydrogen-bond acceptors (Lipinski definition) is 1. The lowest BCUT2D eigenvalue weighted by molar-refractivity contribution is 0.0164. The van der Waals surface area contributed by atoms with Crippen molar-refractivity contribution in [1.29, 1.82) is 0 Å². The number of hydrogen-bond donors (Lipinski definition) is 0. The van der Waals surface area contributed by atoms with Gasteiger partial charge in [0.1, 0.15) is 0 Å². The zero-order chi connectivity index (χ0) is 8.48. The summed E-state index contributed by atoms with van der Waals surface area (Å²) in [7, 11) is 0. The van der Waals surface area contributed by atoms with E-state index in [1.165, 1.54) is 12.8 Å². The van der Waals surface area contributed by atoms with Gasteiger partial charge >= 0.3 is 0 Å². The van der Waals surface area contributed by atoms with Gasteiger partial charge in [0.05, 0.1) is 12.2 Å². The summed E-state index contributed by atoms with van der Waals surface area (Å²) in [4.78, 5) is 0. The summed E-state index contributed by atoms with van der Waals surface area (Å²) < 4.78 is 5.88. The van der Waals surface area contributed by atoms with Crippen LogP contribution in [0.25, 0.3) is 0 Å². The molecule has 1 heterocycles. The molecule has 0 radical (unpaired) electrons. The van der Waals surface area contributed by atoms with Crippen molar-refractivity contribution in [3.8, 4) is 0 Å². The summed E-state index contributed by atoms with van der Waals surface area (Å²) >= 11 is 0. The van der Waals surface area contributed by atoms with E-state index in [-0.39, 0.29) is 0 Å². The lowest BCUT2D eigenvalue weighted by Crippen LogP contribution is -2.22. The largest absolute Gasteiger partial charge is 0.374 e. The van der Waals surface area contributed by atoms with Gasteiger partial charge < -0.3 is 4.74 Å². The van der Waals surface area contributed by atoms with Crippen LogP contribution < -0.4 is 0 Å². The van der Waals surface area contributed by atoms with Crippen LogP contribution >= 0.6 is 0 Å². The normalized spacial score (nSPS) is 36.0. The highest BCUT2D eigenvalue weighted by Crippen LogP contribution is 2.40. The molecule has 11 heavy (non-hydrogen) atoms. The Labute approximate surface area is 70.1 Å². The van der Waals surface area contributed by atoms with E-state index < -0.39 is 0 Å². The minimum absolute atomic E-state index is 0.412. The van der Waals surface area contributed by atoms with Crippen molar-refractivity contribution in [2.75, 3.05) is 0 Å². The van der Waals surface area contributed by atoms with Crippen LogP contribution in [0.15, 0.2) is 0 Å². The minimum atomic E-state index is 0.412. The van der Waals surface area contributed by atoms with Gasteiger partial charge in [0.2, 0.25) is 0 Å². The Hall–Kier alpha value is -0.0400. The first kappa shape index (κ1) is 9.05. The average molecular weight is 156 g/mol. The Kier molecular flexibility index (Phi) is 2.58. The van der Waals surface area contributed by atoms with Crippen LogP contribution in [0.1, 0.15) is 47.0 Å². The lowest BCUT2D eigenvalue weighted by Gasteiger charge is -2.23. The summed E-state index contributed by atoms with van der Waals surface area (Å²) in [6.45, 7) is 9.05. The Morgan fingerprint density at radius 2 is 1.91 bits per heavy atom. The Bertz CT molecular complexity index is 129. The van der Waals surface area contributed by atoms with Crippen LogP contribution in [-0.2, 0) is 4.74 Å². The van der Waals surface area contributed by atoms with Gasteiger partial charge in [-0.3, -0.25) is 0 Å². The zero-order valence-corrected chi connectivity index (χ0v) is 8.18. The standard InChI is InChI=1S/C10H20O/c1-5-8-7-10(3,4)9(6-2)11-8/h8-9H,5-7H2,1-4H3. The van der Waals surface area contributed by atoms with Crippen molar-refractivity contribution in [3.05, 3.63) is 0 Å². The SMILES string of the molecule is CCC1CC(C)(C)C(CC)O1. The molecular formula is C10H20O. The molecule has 0 amide bonds. The quantitative estimate of drug-likeness (QED) is 0.597. The molecule has 1 heteroatoms. The third-order valence-electron chi connectivity index (χ3n) is 2.81. The van der Waals surface area contributed by atoms with Crippen molar-refractivity contribution >= 4 is 0 Å². The molecule has 0 N–H and O–H groups in total. The van der Waals surface area contributed by atoms with E-state index in [1.807, 2.05) is 0 Å². The van der Waals surface area contributed by atoms with Crippen molar-refractivity contribution < 1.29 is 4.74 Å². The van der Waals surface area contributed by atoms with Crippen LogP contribution in [0.5, 0.6) is 0 Å². The highest BCUT2D eigenvalue weighted by molar-refractivity contribution is 4.87. The van der Waals surface area contributed by atoms with E-state index in [2.05, 4.69) is 27.7 Å². The van der Waals surface area contributed by atoms with E-state index in [0.717, 1.165) is 6.42 Å². The van der Waals surface area contributed by atoms with Gasteiger partial charge in [-0.15, -0.1) is 0 Å². The summed E-state index contributed by atoms with van der Waals surface area (Å²) in [5.74, 6) is 0. The molecule has 0 aromatic rings. The maximum atomic E-state index is 5.88. The molecular weight excluding hydrogens is 136 g/mol. The van der Waals surface area contributed by atoms with E-state index in [1.54, 1.807) is 0 Å². The van der Waals surface area contributed by atoms with Crippen molar-refractivity contribution in [2.45, 2.75) is 59.2 Å². The smallest absolute Gasteiger partial charge is 0.0628 e. The topological polar surface area (TPSA) is 9.23 Å². The first-order valence-electron chi connectivity index (χ1n) is 4.75. The predicted octanol–water partition coefficient (Wildman–Crippen LogP) is 2.99. The first-order valence-corrected chi connectivity index (χ1v) is 4.75. The fraction of sp³-hybridized carbons (Fsp3) is 1.00. The summed E-state index contributed by atoms with van der Waals surface area (Å²) in [5.41, 5.74) is 0.412. The van der Waals surface area contributed by atoms with Gasteiger partial charge in [0.25, 0.3) is 0 Å². The number of rotatable bonds is 2. The van der Waals surface area contributed by atoms with Crippen LogP contribution in [0, 0.1) is 5.41 Å². The third kappa shape index (κ3) is 1.76. The molecule has 1 fully saturated rings. The molecule has 1 nitrogen and oxygen atoms in total. The second-order valence-corrected chi connectivity index (χ2v) is 4.26. The maximum absolute atomic E-state index is 5.88. The van der Waals surface area contributed by atoms with E-state index in [0.29, 0.717) is 17.6 Å². The predicted molar refractivity (Wildman–Crippen MR) is 47.6 cm³/mol. The summed E-state index contributed by atoms with van der Waals surface area (Å²) in [6.07, 6.45) is 4.58. The highest BCUT2D eigenvalue weighted by atomic mass is 16.5. The second-order valence-electron chi connectivity index (χ2n) is 4.26. The van der Waals surface area contributed by atoms with Gasteiger partial charge in [0, 0.05) is 0 Å². The molecule has 0 aromatic heterocycles. The van der Waals surface area contributed by atoms with Gasteiger partial charge in [-0.25, -0.2) is 0 Å². The Morgan fingerprint density at radius 3 is 2.18 bits per heavy atom. The minimum Gasteiger partial charge on any atom is -0.374 e. The Morgan fingerprint density at radius 1 is 1.27 bits per heavy atom. The monoisotopic (exact) mass is 156 g/mol. The molecule has 2 unspecified atom stereocenters. The Balaban J connectivity index is 2.55. The molecule has 0 bridgehead atoms. The van der Waals surface area contributed by atoms with Crippen LogP contribution in [0.4, 0.5) is 0 Å². The maximum Gasteiger partial charge on any atom is 0.0628 e. The van der Waals surface area contributed by atoms with Crippen LogP contribution in [0.3, 0.4) is 0 Å². The van der Waals surface area contributed by atoms with E-state index in [4.69, 9.17) is 4.74 Å². The molecule has 1 saturated heterocycles. The molecule has 0 aliphatic carbocycles. The molecule has 0 spiro atoms. The van der Waals surface area contributed by atoms with Crippen molar-refractivity contribution in [3.63, 3.8) is 0 Å². The number of ether oxygens (including phenoxy) is 1. The fourth-order valence-corrected chi connectivity index (χ4v) is 2.07. The molecule has 1 aliphatic rings. The molecule has 1 aliphatic heterocycles. The highest BCUT2D eigenvalue weighted by Gasteiger charge is 2.39. The molecule has 0 saturated carbocycles. The molecule has 2 atom stereocenters. The van der Waals surface area contributed by atoms with Crippen LogP contribution in [0.2, 0.25) is 0 Å². The third-order valence-corrected chi connectivity index (χ3v) is 2.81. The van der Waals surface area contributed by atoms with Gasteiger partial charge in [-0.1, -0.05) is 27.7 Å². The van der Waals surface area contributed by atoms with E-state index >= 15 is 0 Å². The average Bonchev–Trinajstić information content (AvgIpc) is 2.24. The second kappa shape index (κ2) is 3.14. The fourth-order valence-electron chi connectivity index (χ4n) is 2.07.